The van der Waals surface area contributed by atoms with E-state index >= 15 is 0 Å². The van der Waals surface area contributed by atoms with Gasteiger partial charge in [0.1, 0.15) is 0 Å². The van der Waals surface area contributed by atoms with E-state index in [-0.39, 0.29) is 12.2 Å². The van der Waals surface area contributed by atoms with E-state index in [4.69, 9.17) is 39.8 Å². The Morgan fingerprint density at radius 3 is 1.11 bits per heavy atom. The number of rotatable bonds is 5. The van der Waals surface area contributed by atoms with E-state index in [2.05, 4.69) is 13.8 Å². The van der Waals surface area contributed by atoms with Crippen LogP contribution >= 0.6 is 0 Å². The van der Waals surface area contributed by atoms with Gasteiger partial charge in [-0.05, 0) is 26.7 Å². The fourth-order valence-electron chi connectivity index (χ4n) is 0.326. The van der Waals surface area contributed by atoms with Gasteiger partial charge in [0.2, 0.25) is 0 Å². The minimum absolute atomic E-state index is 0.217. The molecule has 0 aromatic heterocycles. The highest BCUT2D eigenvalue weighted by atomic mass is 17.2. The maximum atomic E-state index is 8.56. The van der Waals surface area contributed by atoms with Crippen LogP contribution in [-0.2, 0) is 9.78 Å². The fourth-order valence-corrected chi connectivity index (χ4v) is 0.326. The van der Waals surface area contributed by atoms with Crippen LogP contribution in [0.5, 0.6) is 0 Å². The highest BCUT2D eigenvalue weighted by Gasteiger charge is 2.02. The van der Waals surface area contributed by atoms with Crippen LogP contribution in [0.4, 0.5) is 9.59 Å². The molecule has 110 valence electrons. The average Bonchev–Trinajstić information content (AvgIpc) is 2.23. The van der Waals surface area contributed by atoms with Crippen molar-refractivity contribution in [1.82, 2.24) is 0 Å². The van der Waals surface area contributed by atoms with Crippen molar-refractivity contribution in [3.8, 4) is 0 Å². The number of hydrogen-bond donors (Lipinski definition) is 4. The number of carboxylic acid groups (broad SMARTS) is 4. The minimum Gasteiger partial charge on any atom is -0.450 e. The second-order valence-corrected chi connectivity index (χ2v) is 3.20. The zero-order chi connectivity index (χ0) is 15.1. The summed E-state index contributed by atoms with van der Waals surface area (Å²) in [5.41, 5.74) is 0. The topological polar surface area (TPSA) is 134 Å². The Bertz CT molecular complexity index is 176. The smallest absolute Gasteiger partial charge is 0.450 e. The first kappa shape index (κ1) is 21.7. The summed E-state index contributed by atoms with van der Waals surface area (Å²) in [5, 5.41) is 27.9. The Labute approximate surface area is 106 Å². The molecule has 0 aromatic rings. The van der Waals surface area contributed by atoms with Gasteiger partial charge in [0.15, 0.2) is 0 Å². The van der Waals surface area contributed by atoms with Crippen molar-refractivity contribution >= 4 is 12.3 Å². The molecule has 0 radical (unpaired) electrons. The van der Waals surface area contributed by atoms with Crippen LogP contribution in [0.15, 0.2) is 0 Å². The molecule has 8 nitrogen and oxygen atoms in total. The number of carbonyl (C=O) groups is 2. The van der Waals surface area contributed by atoms with Crippen LogP contribution in [0.3, 0.4) is 0 Å². The predicted octanol–water partition coefficient (Wildman–Crippen LogP) is 2.98. The molecule has 0 rings (SSSR count). The second-order valence-electron chi connectivity index (χ2n) is 3.20. The molecule has 18 heavy (non-hydrogen) atoms. The quantitative estimate of drug-likeness (QED) is 0.442. The molecule has 0 heterocycles. The summed E-state index contributed by atoms with van der Waals surface area (Å²) in [6, 6.07) is 0. The predicted molar refractivity (Wildman–Crippen MR) is 63.0 cm³/mol. The van der Waals surface area contributed by atoms with Crippen molar-refractivity contribution in [1.29, 1.82) is 0 Å². The third kappa shape index (κ3) is 47.1. The highest BCUT2D eigenvalue weighted by molar-refractivity contribution is 5.53. The molecule has 4 N–H and O–H groups in total. The van der Waals surface area contributed by atoms with Crippen molar-refractivity contribution in [3.63, 3.8) is 0 Å². The summed E-state index contributed by atoms with van der Waals surface area (Å²) in [7, 11) is 0. The van der Waals surface area contributed by atoms with Crippen molar-refractivity contribution in [2.45, 2.75) is 52.7 Å². The molecule has 0 bridgehead atoms. The van der Waals surface area contributed by atoms with Gasteiger partial charge in [-0.2, -0.15) is 0 Å². The molecule has 0 aliphatic rings. The Hall–Kier alpha value is -1.54. The maximum Gasteiger partial charge on any atom is 0.503 e. The molecule has 0 saturated carbocycles. The van der Waals surface area contributed by atoms with E-state index in [9.17, 15) is 0 Å². The molecular weight excluding hydrogens is 248 g/mol. The van der Waals surface area contributed by atoms with Crippen molar-refractivity contribution in [3.05, 3.63) is 0 Å². The first-order chi connectivity index (χ1) is 8.17. The van der Waals surface area contributed by atoms with E-state index in [1.165, 1.54) is 0 Å². The van der Waals surface area contributed by atoms with Crippen LogP contribution in [0.1, 0.15) is 40.5 Å². The first-order valence-corrected chi connectivity index (χ1v) is 5.33. The van der Waals surface area contributed by atoms with Gasteiger partial charge in [-0.3, -0.25) is 0 Å². The molecular formula is C10H22O8. The van der Waals surface area contributed by atoms with Crippen molar-refractivity contribution in [2.24, 2.45) is 0 Å². The molecule has 0 spiro atoms. The fraction of sp³-hybridized carbons (Fsp3) is 0.800. The lowest BCUT2D eigenvalue weighted by molar-refractivity contribution is -0.344. The Kier molecular flexibility index (Phi) is 18.7. The lowest BCUT2D eigenvalue weighted by Gasteiger charge is -2.13. The zero-order valence-electron chi connectivity index (χ0n) is 11.0. The highest BCUT2D eigenvalue weighted by Crippen LogP contribution is 2.02. The van der Waals surface area contributed by atoms with E-state index in [1.807, 2.05) is 13.8 Å². The van der Waals surface area contributed by atoms with Gasteiger partial charge in [-0.1, -0.05) is 13.8 Å². The molecule has 0 fully saturated rings. The van der Waals surface area contributed by atoms with E-state index in [0.717, 1.165) is 12.8 Å². The van der Waals surface area contributed by atoms with E-state index < -0.39 is 12.3 Å². The van der Waals surface area contributed by atoms with Gasteiger partial charge >= 0.3 is 12.3 Å². The number of hydrogen-bond acceptors (Lipinski definition) is 4. The normalized spacial score (nSPS) is 12.0. The monoisotopic (exact) mass is 270 g/mol. The third-order valence-corrected chi connectivity index (χ3v) is 1.53. The summed E-state index contributed by atoms with van der Waals surface area (Å²) < 4.78 is 0. The molecule has 8 heteroatoms. The zero-order valence-corrected chi connectivity index (χ0v) is 11.0. The third-order valence-electron chi connectivity index (χ3n) is 1.53. The SMILES string of the molecule is CCC(C)OOC(C)CC.O=C(O)O.O=C(O)O. The summed E-state index contributed by atoms with van der Waals surface area (Å²) in [6.45, 7) is 8.15. The Balaban J connectivity index is -0.000000233. The largest absolute Gasteiger partial charge is 0.503 e. The van der Waals surface area contributed by atoms with Crippen LogP contribution < -0.4 is 0 Å². The van der Waals surface area contributed by atoms with Crippen LogP contribution in [0.2, 0.25) is 0 Å². The van der Waals surface area contributed by atoms with Gasteiger partial charge in [0, 0.05) is 0 Å². The molecule has 0 aliphatic carbocycles. The molecule has 0 amide bonds. The van der Waals surface area contributed by atoms with Crippen LogP contribution in [-0.4, -0.2) is 44.9 Å². The van der Waals surface area contributed by atoms with Crippen molar-refractivity contribution in [2.75, 3.05) is 0 Å². The molecule has 0 aliphatic heterocycles. The summed E-state index contributed by atoms with van der Waals surface area (Å²) in [5.74, 6) is 0. The van der Waals surface area contributed by atoms with Crippen molar-refractivity contribution < 1.29 is 39.8 Å². The van der Waals surface area contributed by atoms with E-state index in [1.54, 1.807) is 0 Å². The minimum atomic E-state index is -1.83. The molecule has 2 unspecified atom stereocenters. The van der Waals surface area contributed by atoms with Gasteiger partial charge < -0.3 is 20.4 Å². The lowest BCUT2D eigenvalue weighted by Crippen LogP contribution is -2.13. The van der Waals surface area contributed by atoms with E-state index in [0.29, 0.717) is 0 Å². The molecule has 0 saturated heterocycles. The first-order valence-electron chi connectivity index (χ1n) is 5.33. The van der Waals surface area contributed by atoms with Gasteiger partial charge in [0.25, 0.3) is 0 Å². The van der Waals surface area contributed by atoms with Gasteiger partial charge in [0.05, 0.1) is 12.2 Å². The standard InChI is InChI=1S/C8H18O2.2CH2O3/c1-5-7(3)9-10-8(4)6-2;2*2-1(3)4/h7-8H,5-6H2,1-4H3;2*(H2,2,3,4). The average molecular weight is 270 g/mol. The maximum absolute atomic E-state index is 8.56. The summed E-state index contributed by atoms with van der Waals surface area (Å²) in [6.07, 6.45) is -1.24. The Morgan fingerprint density at radius 1 is 0.833 bits per heavy atom. The van der Waals surface area contributed by atoms with Gasteiger partial charge in [-0.15, -0.1) is 0 Å². The van der Waals surface area contributed by atoms with Gasteiger partial charge in [-0.25, -0.2) is 19.4 Å². The second kappa shape index (κ2) is 15.5. The molecule has 2 atom stereocenters. The van der Waals surface area contributed by atoms with Crippen LogP contribution in [0, 0.1) is 0 Å². The Morgan fingerprint density at radius 2 is 1.00 bits per heavy atom. The summed E-state index contributed by atoms with van der Waals surface area (Å²) >= 11 is 0. The van der Waals surface area contributed by atoms with Crippen LogP contribution in [0.25, 0.3) is 0 Å². The summed E-state index contributed by atoms with van der Waals surface area (Å²) in [4.78, 5) is 27.2. The molecule has 0 aromatic carbocycles. The lowest BCUT2D eigenvalue weighted by atomic mass is 10.3.